The summed E-state index contributed by atoms with van der Waals surface area (Å²) in [6.07, 6.45) is 0. The number of aliphatic hydroxyl groups is 1. The fourth-order valence-electron chi connectivity index (χ4n) is 3.30. The molecular weight excluding hydrogens is 458 g/mol. The van der Waals surface area contributed by atoms with Gasteiger partial charge in [0.05, 0.1) is 12.1 Å². The number of aliphatic hydroxyl groups excluding tert-OH is 1. The lowest BCUT2D eigenvalue weighted by molar-refractivity contribution is -0.140. The standard InChI is InChI=1S/C21H16BrNO3S2/c1-12-10-13(6-7-15(12)22)19(24)17-18(16-5-3-9-28-16)23(21(26)20(17)25)11-14-4-2-8-27-14/h2-10,18,24H,11H2,1H3/b19-17-. The van der Waals surface area contributed by atoms with Crippen LogP contribution in [0.2, 0.25) is 0 Å². The Labute approximate surface area is 178 Å². The highest BCUT2D eigenvalue weighted by molar-refractivity contribution is 9.10. The molecule has 1 saturated heterocycles. The van der Waals surface area contributed by atoms with Crippen LogP contribution < -0.4 is 0 Å². The molecule has 4 nitrogen and oxygen atoms in total. The number of nitrogens with zero attached hydrogens (tertiary/aromatic N) is 1. The number of halogens is 1. The van der Waals surface area contributed by atoms with Gasteiger partial charge in [-0.1, -0.05) is 34.1 Å². The van der Waals surface area contributed by atoms with Crippen molar-refractivity contribution < 1.29 is 14.7 Å². The van der Waals surface area contributed by atoms with E-state index in [4.69, 9.17) is 0 Å². The van der Waals surface area contributed by atoms with Crippen molar-refractivity contribution in [2.45, 2.75) is 19.5 Å². The van der Waals surface area contributed by atoms with Crippen LogP contribution >= 0.6 is 38.6 Å². The predicted molar refractivity (Wildman–Crippen MR) is 115 cm³/mol. The number of benzene rings is 1. The first-order valence-corrected chi connectivity index (χ1v) is 11.1. The molecule has 2 aromatic heterocycles. The number of thiophene rings is 2. The highest BCUT2D eigenvalue weighted by Crippen LogP contribution is 2.42. The van der Waals surface area contributed by atoms with Crippen molar-refractivity contribution in [2.75, 3.05) is 0 Å². The second kappa shape index (κ2) is 7.66. The third-order valence-corrected chi connectivity index (χ3v) is 7.37. The van der Waals surface area contributed by atoms with Crippen molar-refractivity contribution in [3.05, 3.63) is 84.2 Å². The SMILES string of the molecule is Cc1cc(/C(O)=C2/C(=O)C(=O)N(Cc3cccs3)C2c2cccs2)ccc1Br. The topological polar surface area (TPSA) is 57.6 Å². The molecule has 1 fully saturated rings. The highest BCUT2D eigenvalue weighted by atomic mass is 79.9. The molecule has 1 amide bonds. The molecule has 0 spiro atoms. The van der Waals surface area contributed by atoms with Gasteiger partial charge < -0.3 is 10.0 Å². The van der Waals surface area contributed by atoms with Crippen LogP contribution in [0.4, 0.5) is 0 Å². The fraction of sp³-hybridized carbons (Fsp3) is 0.143. The van der Waals surface area contributed by atoms with Crippen molar-refractivity contribution in [1.29, 1.82) is 0 Å². The van der Waals surface area contributed by atoms with Gasteiger partial charge in [0.15, 0.2) is 0 Å². The summed E-state index contributed by atoms with van der Waals surface area (Å²) >= 11 is 6.45. The molecule has 1 aliphatic heterocycles. The maximum Gasteiger partial charge on any atom is 0.296 e. The monoisotopic (exact) mass is 473 g/mol. The summed E-state index contributed by atoms with van der Waals surface area (Å²) in [4.78, 5) is 29.1. The normalized spacial score (nSPS) is 18.8. The summed E-state index contributed by atoms with van der Waals surface area (Å²) in [5.74, 6) is -1.36. The van der Waals surface area contributed by atoms with Crippen molar-refractivity contribution in [2.24, 2.45) is 0 Å². The smallest absolute Gasteiger partial charge is 0.296 e. The number of carbonyl (C=O) groups is 2. The van der Waals surface area contributed by atoms with E-state index >= 15 is 0 Å². The minimum Gasteiger partial charge on any atom is -0.507 e. The van der Waals surface area contributed by atoms with E-state index in [0.717, 1.165) is 19.8 Å². The Morgan fingerprint density at radius 3 is 2.54 bits per heavy atom. The number of hydrogen-bond acceptors (Lipinski definition) is 5. The highest BCUT2D eigenvalue weighted by Gasteiger charge is 2.46. The third kappa shape index (κ3) is 3.34. The van der Waals surface area contributed by atoms with Crippen molar-refractivity contribution >= 4 is 56.1 Å². The van der Waals surface area contributed by atoms with Crippen LogP contribution in [0.15, 0.2) is 63.3 Å². The third-order valence-electron chi connectivity index (χ3n) is 4.69. The molecule has 0 bridgehead atoms. The zero-order chi connectivity index (χ0) is 19.8. The molecule has 0 saturated carbocycles. The van der Waals surface area contributed by atoms with E-state index in [9.17, 15) is 14.7 Å². The predicted octanol–water partition coefficient (Wildman–Crippen LogP) is 5.50. The van der Waals surface area contributed by atoms with Gasteiger partial charge in [-0.3, -0.25) is 9.59 Å². The molecule has 4 rings (SSSR count). The Morgan fingerprint density at radius 1 is 1.14 bits per heavy atom. The molecule has 3 heterocycles. The van der Waals surface area contributed by atoms with Gasteiger partial charge in [-0.05, 0) is 47.5 Å². The van der Waals surface area contributed by atoms with E-state index < -0.39 is 17.7 Å². The van der Waals surface area contributed by atoms with Gasteiger partial charge in [0.2, 0.25) is 0 Å². The summed E-state index contributed by atoms with van der Waals surface area (Å²) < 4.78 is 0.914. The quantitative estimate of drug-likeness (QED) is 0.309. The first-order valence-electron chi connectivity index (χ1n) is 8.58. The average molecular weight is 474 g/mol. The van der Waals surface area contributed by atoms with Crippen molar-refractivity contribution in [3.63, 3.8) is 0 Å². The number of rotatable bonds is 4. The second-order valence-electron chi connectivity index (χ2n) is 6.49. The summed E-state index contributed by atoms with van der Waals surface area (Å²) in [6, 6.07) is 12.4. The van der Waals surface area contributed by atoms with Gasteiger partial charge in [0.1, 0.15) is 11.8 Å². The molecule has 28 heavy (non-hydrogen) atoms. The van der Waals surface area contributed by atoms with Crippen LogP contribution in [0.5, 0.6) is 0 Å². The van der Waals surface area contributed by atoms with Crippen LogP contribution in [0.3, 0.4) is 0 Å². The Morgan fingerprint density at radius 2 is 1.89 bits per heavy atom. The van der Waals surface area contributed by atoms with E-state index in [2.05, 4.69) is 15.9 Å². The van der Waals surface area contributed by atoms with Crippen LogP contribution in [0, 0.1) is 6.92 Å². The molecule has 0 aliphatic carbocycles. The lowest BCUT2D eigenvalue weighted by Crippen LogP contribution is -2.28. The van der Waals surface area contributed by atoms with Gasteiger partial charge in [-0.25, -0.2) is 0 Å². The van der Waals surface area contributed by atoms with E-state index in [1.807, 2.05) is 48.0 Å². The Kier molecular flexibility index (Phi) is 5.23. The molecule has 3 aromatic rings. The van der Waals surface area contributed by atoms with E-state index in [-0.39, 0.29) is 11.3 Å². The van der Waals surface area contributed by atoms with Gasteiger partial charge in [-0.2, -0.15) is 0 Å². The molecular formula is C21H16BrNO3S2. The maximum atomic E-state index is 12.9. The number of likely N-dealkylation sites (tertiary alicyclic amines) is 1. The molecule has 1 unspecified atom stereocenters. The summed E-state index contributed by atoms with van der Waals surface area (Å²) in [5, 5.41) is 14.9. The number of Topliss-reactive ketones (excluding diaryl/α,β-unsaturated/α-hetero) is 1. The molecule has 142 valence electrons. The van der Waals surface area contributed by atoms with Gasteiger partial charge >= 0.3 is 0 Å². The first-order chi connectivity index (χ1) is 13.5. The van der Waals surface area contributed by atoms with Crippen LogP contribution in [-0.4, -0.2) is 21.7 Å². The Balaban J connectivity index is 1.85. The Hall–Kier alpha value is -2.22. The number of amides is 1. The van der Waals surface area contributed by atoms with E-state index in [0.29, 0.717) is 12.1 Å². The summed E-state index contributed by atoms with van der Waals surface area (Å²) in [7, 11) is 0. The zero-order valence-electron chi connectivity index (χ0n) is 14.9. The van der Waals surface area contributed by atoms with Crippen molar-refractivity contribution in [3.8, 4) is 0 Å². The van der Waals surface area contributed by atoms with E-state index in [1.165, 1.54) is 22.7 Å². The minimum atomic E-state index is -0.645. The number of hydrogen-bond donors (Lipinski definition) is 1. The van der Waals surface area contributed by atoms with E-state index in [1.54, 1.807) is 17.0 Å². The number of aryl methyl sites for hydroxylation is 1. The summed E-state index contributed by atoms with van der Waals surface area (Å²) in [5.41, 5.74) is 1.60. The minimum absolute atomic E-state index is 0.138. The fourth-order valence-corrected chi connectivity index (χ4v) is 5.10. The number of ketones is 1. The largest absolute Gasteiger partial charge is 0.507 e. The lowest BCUT2D eigenvalue weighted by Gasteiger charge is -2.23. The van der Waals surface area contributed by atoms with Crippen LogP contribution in [-0.2, 0) is 16.1 Å². The van der Waals surface area contributed by atoms with Crippen LogP contribution in [0.25, 0.3) is 5.76 Å². The molecule has 0 radical (unpaired) electrons. The summed E-state index contributed by atoms with van der Waals surface area (Å²) in [6.45, 7) is 2.24. The zero-order valence-corrected chi connectivity index (χ0v) is 18.1. The molecule has 1 atom stereocenters. The van der Waals surface area contributed by atoms with Gasteiger partial charge in [0, 0.05) is 19.8 Å². The van der Waals surface area contributed by atoms with Gasteiger partial charge in [-0.15, -0.1) is 22.7 Å². The van der Waals surface area contributed by atoms with Gasteiger partial charge in [0.25, 0.3) is 11.7 Å². The maximum absolute atomic E-state index is 12.9. The van der Waals surface area contributed by atoms with Crippen molar-refractivity contribution in [1.82, 2.24) is 4.90 Å². The second-order valence-corrected chi connectivity index (χ2v) is 9.35. The first kappa shape index (κ1) is 19.1. The molecule has 1 N–H and O–H groups in total. The molecule has 1 aromatic carbocycles. The molecule has 1 aliphatic rings. The lowest BCUT2D eigenvalue weighted by atomic mass is 9.99. The average Bonchev–Trinajstić information content (AvgIpc) is 3.42. The Bertz CT molecular complexity index is 1070. The van der Waals surface area contributed by atoms with Crippen LogP contribution in [0.1, 0.15) is 26.9 Å². The number of carbonyl (C=O) groups excluding carboxylic acids is 2. The molecule has 7 heteroatoms.